The summed E-state index contributed by atoms with van der Waals surface area (Å²) < 4.78 is 2.21. The molecule has 1 aliphatic heterocycles. The number of aromatic nitrogens is 3. The van der Waals surface area contributed by atoms with Crippen molar-refractivity contribution in [1.82, 2.24) is 25.4 Å². The summed E-state index contributed by atoms with van der Waals surface area (Å²) in [5.41, 5.74) is 0. The summed E-state index contributed by atoms with van der Waals surface area (Å²) in [5, 5.41) is 17.1. The molecule has 2 atom stereocenters. The molecule has 0 saturated carbocycles. The van der Waals surface area contributed by atoms with Crippen molar-refractivity contribution >= 4 is 17.2 Å². The molecule has 6 nitrogen and oxygen atoms in total. The first-order valence-electron chi connectivity index (χ1n) is 8.52. The van der Waals surface area contributed by atoms with E-state index in [-0.39, 0.29) is 18.0 Å². The van der Waals surface area contributed by atoms with Crippen molar-refractivity contribution in [2.24, 2.45) is 0 Å². The van der Waals surface area contributed by atoms with Gasteiger partial charge >= 0.3 is 0 Å². The summed E-state index contributed by atoms with van der Waals surface area (Å²) in [6.07, 6.45) is 1.89. The summed E-state index contributed by atoms with van der Waals surface area (Å²) in [6, 6.07) is 4.09. The first-order valence-corrected chi connectivity index (χ1v) is 9.40. The van der Waals surface area contributed by atoms with E-state index in [2.05, 4.69) is 39.2 Å². The largest absolute Gasteiger partial charge is 0.350 e. The zero-order valence-electron chi connectivity index (χ0n) is 14.5. The molecule has 0 bridgehead atoms. The summed E-state index contributed by atoms with van der Waals surface area (Å²) in [4.78, 5) is 13.5. The Hall–Kier alpha value is -1.73. The van der Waals surface area contributed by atoms with Crippen LogP contribution in [0.1, 0.15) is 49.6 Å². The Morgan fingerprint density at radius 3 is 2.96 bits per heavy atom. The number of nitrogens with zero attached hydrogens (tertiary/aromatic N) is 3. The third-order valence-corrected chi connectivity index (χ3v) is 5.26. The van der Waals surface area contributed by atoms with Gasteiger partial charge in [-0.05, 0) is 24.8 Å². The SMILES string of the molecule is CC(C)c1nnc2n1C[C@@H](N[C@H](C)C(=O)NCc1cccs1)CC2. The summed E-state index contributed by atoms with van der Waals surface area (Å²) >= 11 is 1.66. The van der Waals surface area contributed by atoms with E-state index in [1.807, 2.05) is 24.4 Å². The van der Waals surface area contributed by atoms with Gasteiger partial charge in [-0.15, -0.1) is 21.5 Å². The lowest BCUT2D eigenvalue weighted by atomic mass is 10.0. The Labute approximate surface area is 146 Å². The average Bonchev–Trinajstić information content (AvgIpc) is 3.21. The van der Waals surface area contributed by atoms with E-state index in [9.17, 15) is 4.79 Å². The molecule has 0 radical (unpaired) electrons. The zero-order chi connectivity index (χ0) is 17.1. The van der Waals surface area contributed by atoms with Crippen molar-refractivity contribution in [3.05, 3.63) is 34.0 Å². The lowest BCUT2D eigenvalue weighted by Gasteiger charge is -2.28. The van der Waals surface area contributed by atoms with Crippen molar-refractivity contribution < 1.29 is 4.79 Å². The quantitative estimate of drug-likeness (QED) is 0.839. The van der Waals surface area contributed by atoms with Crippen LogP contribution in [0.3, 0.4) is 0 Å². The lowest BCUT2D eigenvalue weighted by Crippen LogP contribution is -2.49. The van der Waals surface area contributed by atoms with E-state index in [0.29, 0.717) is 12.5 Å². The first kappa shape index (κ1) is 17.1. The summed E-state index contributed by atoms with van der Waals surface area (Å²) in [6.45, 7) is 7.62. The highest BCUT2D eigenvalue weighted by atomic mass is 32.1. The molecule has 2 aromatic rings. The molecule has 0 spiro atoms. The predicted octanol–water partition coefficient (Wildman–Crippen LogP) is 2.07. The minimum atomic E-state index is -0.213. The number of rotatable bonds is 6. The second-order valence-electron chi connectivity index (χ2n) is 6.66. The number of carbonyl (C=O) groups is 1. The average molecular weight is 347 g/mol. The van der Waals surface area contributed by atoms with Gasteiger partial charge in [0.1, 0.15) is 11.6 Å². The fourth-order valence-corrected chi connectivity index (χ4v) is 3.73. The molecule has 2 aromatic heterocycles. The molecule has 0 aromatic carbocycles. The third kappa shape index (κ3) is 3.84. The van der Waals surface area contributed by atoms with Crippen LogP contribution in [-0.4, -0.2) is 32.8 Å². The maximum atomic E-state index is 12.3. The molecular formula is C17H25N5OS. The van der Waals surface area contributed by atoms with E-state index in [0.717, 1.165) is 31.0 Å². The van der Waals surface area contributed by atoms with E-state index in [1.54, 1.807) is 11.3 Å². The topological polar surface area (TPSA) is 71.8 Å². The van der Waals surface area contributed by atoms with Gasteiger partial charge in [0.05, 0.1) is 12.6 Å². The molecule has 1 amide bonds. The fraction of sp³-hybridized carbons (Fsp3) is 0.588. The number of hydrogen-bond donors (Lipinski definition) is 2. The maximum Gasteiger partial charge on any atom is 0.237 e. The van der Waals surface area contributed by atoms with Crippen LogP contribution in [0.2, 0.25) is 0 Å². The molecule has 1 aliphatic rings. The van der Waals surface area contributed by atoms with E-state index in [1.165, 1.54) is 4.88 Å². The van der Waals surface area contributed by atoms with Gasteiger partial charge in [-0.3, -0.25) is 4.79 Å². The Morgan fingerprint density at radius 1 is 1.42 bits per heavy atom. The van der Waals surface area contributed by atoms with Gasteiger partial charge in [-0.25, -0.2) is 0 Å². The van der Waals surface area contributed by atoms with E-state index >= 15 is 0 Å². The molecular weight excluding hydrogens is 322 g/mol. The van der Waals surface area contributed by atoms with Gasteiger partial charge in [-0.1, -0.05) is 19.9 Å². The molecule has 24 heavy (non-hydrogen) atoms. The molecule has 2 N–H and O–H groups in total. The highest BCUT2D eigenvalue weighted by molar-refractivity contribution is 7.09. The third-order valence-electron chi connectivity index (χ3n) is 4.39. The number of hydrogen-bond acceptors (Lipinski definition) is 5. The number of carbonyl (C=O) groups excluding carboxylic acids is 1. The number of aryl methyl sites for hydroxylation is 1. The highest BCUT2D eigenvalue weighted by Crippen LogP contribution is 2.20. The van der Waals surface area contributed by atoms with Crippen LogP contribution in [-0.2, 0) is 24.3 Å². The second kappa shape index (κ2) is 7.44. The van der Waals surface area contributed by atoms with E-state index in [4.69, 9.17) is 0 Å². The molecule has 0 unspecified atom stereocenters. The number of amides is 1. The predicted molar refractivity (Wildman–Crippen MR) is 95.0 cm³/mol. The Balaban J connectivity index is 1.54. The molecule has 0 fully saturated rings. The Kier molecular flexibility index (Phi) is 5.30. The van der Waals surface area contributed by atoms with Gasteiger partial charge in [0.2, 0.25) is 5.91 Å². The van der Waals surface area contributed by atoms with Gasteiger partial charge < -0.3 is 15.2 Å². The molecule has 130 valence electrons. The van der Waals surface area contributed by atoms with Crippen LogP contribution in [0.4, 0.5) is 0 Å². The van der Waals surface area contributed by atoms with Gasteiger partial charge in [0.15, 0.2) is 0 Å². The van der Waals surface area contributed by atoms with Crippen LogP contribution in [0.5, 0.6) is 0 Å². The lowest BCUT2D eigenvalue weighted by molar-refractivity contribution is -0.123. The maximum absolute atomic E-state index is 12.3. The van der Waals surface area contributed by atoms with Crippen molar-refractivity contribution in [3.8, 4) is 0 Å². The first-order chi connectivity index (χ1) is 11.5. The van der Waals surface area contributed by atoms with Crippen LogP contribution < -0.4 is 10.6 Å². The Bertz CT molecular complexity index is 679. The number of nitrogens with one attached hydrogen (secondary N) is 2. The van der Waals surface area contributed by atoms with Crippen molar-refractivity contribution in [3.63, 3.8) is 0 Å². The molecule has 0 saturated heterocycles. The van der Waals surface area contributed by atoms with Gasteiger partial charge in [-0.2, -0.15) is 0 Å². The minimum absolute atomic E-state index is 0.0436. The normalized spacial score (nSPS) is 18.4. The smallest absolute Gasteiger partial charge is 0.237 e. The minimum Gasteiger partial charge on any atom is -0.350 e. The molecule has 3 heterocycles. The van der Waals surface area contributed by atoms with Gasteiger partial charge in [0.25, 0.3) is 0 Å². The molecule has 0 aliphatic carbocycles. The van der Waals surface area contributed by atoms with Crippen molar-refractivity contribution in [2.45, 2.75) is 64.7 Å². The van der Waals surface area contributed by atoms with Crippen LogP contribution in [0.25, 0.3) is 0 Å². The van der Waals surface area contributed by atoms with E-state index < -0.39 is 0 Å². The molecule has 3 rings (SSSR count). The van der Waals surface area contributed by atoms with Crippen molar-refractivity contribution in [2.75, 3.05) is 0 Å². The number of thiophene rings is 1. The van der Waals surface area contributed by atoms with Crippen LogP contribution in [0, 0.1) is 0 Å². The molecule has 7 heteroatoms. The zero-order valence-corrected chi connectivity index (χ0v) is 15.3. The summed E-state index contributed by atoms with van der Waals surface area (Å²) in [5.74, 6) is 2.50. The van der Waals surface area contributed by atoms with Crippen LogP contribution >= 0.6 is 11.3 Å². The Morgan fingerprint density at radius 2 is 2.25 bits per heavy atom. The number of fused-ring (bicyclic) bond motifs is 1. The van der Waals surface area contributed by atoms with Crippen molar-refractivity contribution in [1.29, 1.82) is 0 Å². The highest BCUT2D eigenvalue weighted by Gasteiger charge is 2.26. The monoisotopic (exact) mass is 347 g/mol. The van der Waals surface area contributed by atoms with Crippen LogP contribution in [0.15, 0.2) is 17.5 Å². The van der Waals surface area contributed by atoms with Gasteiger partial charge in [0, 0.05) is 29.8 Å². The standard InChI is InChI=1S/C17H25N5OS/c1-11(2)16-21-20-15-7-6-13(10-22(15)16)19-12(3)17(23)18-9-14-5-4-8-24-14/h4-5,8,11-13,19H,6-7,9-10H2,1-3H3,(H,18,23)/t12-,13+/m1/s1. The second-order valence-corrected chi connectivity index (χ2v) is 7.69. The summed E-state index contributed by atoms with van der Waals surface area (Å²) in [7, 11) is 0. The fourth-order valence-electron chi connectivity index (χ4n) is 3.08.